The fourth-order valence-corrected chi connectivity index (χ4v) is 3.71. The number of hydrogen-bond donors (Lipinski definition) is 2. The zero-order chi connectivity index (χ0) is 19.8. The molecule has 2 N–H and O–H groups in total. The average Bonchev–Trinajstić information content (AvgIpc) is 2.68. The third-order valence-electron chi connectivity index (χ3n) is 5.19. The van der Waals surface area contributed by atoms with E-state index in [1.54, 1.807) is 4.90 Å². The molecule has 1 unspecified atom stereocenters. The van der Waals surface area contributed by atoms with Gasteiger partial charge in [0.25, 0.3) is 5.91 Å². The van der Waals surface area contributed by atoms with E-state index in [1.165, 1.54) is 10.8 Å². The lowest BCUT2D eigenvalue weighted by atomic mass is 9.80. The minimum atomic E-state index is -1.97. The van der Waals surface area contributed by atoms with Gasteiger partial charge < -0.3 is 29.0 Å². The summed E-state index contributed by atoms with van der Waals surface area (Å²) >= 11 is 0. The van der Waals surface area contributed by atoms with E-state index in [4.69, 9.17) is 9.47 Å². The minimum absolute atomic E-state index is 0.0276. The maximum atomic E-state index is 13.2. The van der Waals surface area contributed by atoms with Crippen molar-refractivity contribution >= 4 is 18.5 Å². The number of ether oxygens (including phenoxy) is 2. The van der Waals surface area contributed by atoms with Crippen molar-refractivity contribution in [3.8, 4) is 5.75 Å². The average molecular weight is 384 g/mol. The summed E-state index contributed by atoms with van der Waals surface area (Å²) in [5, 5.41) is 19.2. The molecule has 3 heterocycles. The molecule has 1 aromatic carbocycles. The molecule has 0 saturated carbocycles. The Morgan fingerprint density at radius 3 is 2.71 bits per heavy atom. The molecule has 1 fully saturated rings. The highest BCUT2D eigenvalue weighted by Gasteiger charge is 2.41. The predicted molar refractivity (Wildman–Crippen MR) is 101 cm³/mol. The first-order chi connectivity index (χ1) is 13.5. The van der Waals surface area contributed by atoms with Gasteiger partial charge in [-0.15, -0.1) is 0 Å². The van der Waals surface area contributed by atoms with E-state index >= 15 is 0 Å². The molecule has 0 radical (unpaired) electrons. The molecule has 1 aromatic heterocycles. The highest BCUT2D eigenvalue weighted by Crippen LogP contribution is 2.29. The number of pyridine rings is 1. The van der Waals surface area contributed by atoms with Crippen molar-refractivity contribution in [1.29, 1.82) is 0 Å². The number of hydrogen-bond acceptors (Lipinski definition) is 6. The van der Waals surface area contributed by atoms with Crippen molar-refractivity contribution in [3.63, 3.8) is 0 Å². The molecule has 9 heteroatoms. The van der Waals surface area contributed by atoms with Crippen LogP contribution in [0.2, 0.25) is 0 Å². The van der Waals surface area contributed by atoms with E-state index in [0.29, 0.717) is 13.0 Å². The smallest absolute Gasteiger partial charge is 0.483 e. The number of aromatic nitrogens is 1. The van der Waals surface area contributed by atoms with E-state index in [-0.39, 0.29) is 42.0 Å². The standard InChI is InChI=1S/C19H21BN2O6/c1-12-7-8-27-15-10-21-9-14(20(25)26)17(23)18(16(21)19(24)22(12)15)28-11-13-5-3-2-4-6-13/h2-6,9,12,15,25-26H,7-8,10-11H2,1H3/t12-,15?/m1/s1. The Morgan fingerprint density at radius 2 is 2.00 bits per heavy atom. The summed E-state index contributed by atoms with van der Waals surface area (Å²) in [7, 11) is -1.97. The number of benzene rings is 1. The van der Waals surface area contributed by atoms with Crippen LogP contribution in [-0.4, -0.2) is 51.4 Å². The largest absolute Gasteiger partial charge is 0.494 e. The molecule has 2 aliphatic rings. The van der Waals surface area contributed by atoms with Gasteiger partial charge in [-0.05, 0) is 18.9 Å². The van der Waals surface area contributed by atoms with Crippen molar-refractivity contribution in [2.24, 2.45) is 0 Å². The first kappa shape index (κ1) is 18.7. The first-order valence-corrected chi connectivity index (χ1v) is 9.22. The van der Waals surface area contributed by atoms with Crippen LogP contribution in [0.5, 0.6) is 5.75 Å². The summed E-state index contributed by atoms with van der Waals surface area (Å²) in [6.45, 7) is 2.85. The minimum Gasteiger partial charge on any atom is -0.483 e. The summed E-state index contributed by atoms with van der Waals surface area (Å²) < 4.78 is 13.0. The topological polar surface area (TPSA) is 101 Å². The molecule has 4 rings (SSSR count). The van der Waals surface area contributed by atoms with Gasteiger partial charge in [-0.3, -0.25) is 9.59 Å². The van der Waals surface area contributed by atoms with Gasteiger partial charge >= 0.3 is 7.12 Å². The molecular weight excluding hydrogens is 363 g/mol. The zero-order valence-corrected chi connectivity index (χ0v) is 15.4. The summed E-state index contributed by atoms with van der Waals surface area (Å²) in [6.07, 6.45) is 1.55. The van der Waals surface area contributed by atoms with Gasteiger partial charge in [0.15, 0.2) is 17.7 Å². The van der Waals surface area contributed by atoms with Crippen LogP contribution in [-0.2, 0) is 17.9 Å². The third kappa shape index (κ3) is 3.21. The lowest BCUT2D eigenvalue weighted by molar-refractivity contribution is -0.112. The van der Waals surface area contributed by atoms with E-state index in [2.05, 4.69) is 0 Å². The lowest BCUT2D eigenvalue weighted by Crippen LogP contribution is -2.58. The van der Waals surface area contributed by atoms with Crippen molar-refractivity contribution in [3.05, 3.63) is 58.0 Å². The normalized spacial score (nSPS) is 21.1. The van der Waals surface area contributed by atoms with Crippen molar-refractivity contribution in [2.45, 2.75) is 38.8 Å². The highest BCUT2D eigenvalue weighted by atomic mass is 16.5. The van der Waals surface area contributed by atoms with Gasteiger partial charge in [0, 0.05) is 17.7 Å². The second-order valence-corrected chi connectivity index (χ2v) is 7.07. The fraction of sp³-hybridized carbons (Fsp3) is 0.368. The second kappa shape index (κ2) is 7.42. The molecule has 2 aromatic rings. The highest BCUT2D eigenvalue weighted by molar-refractivity contribution is 6.58. The summed E-state index contributed by atoms with van der Waals surface area (Å²) in [5.74, 6) is -0.529. The number of amides is 1. The number of fused-ring (bicyclic) bond motifs is 2. The maximum Gasteiger partial charge on any atom is 0.494 e. The number of carbonyl (C=O) groups is 1. The van der Waals surface area contributed by atoms with Crippen LogP contribution in [0.4, 0.5) is 0 Å². The molecule has 8 nitrogen and oxygen atoms in total. The van der Waals surface area contributed by atoms with Gasteiger partial charge in [-0.1, -0.05) is 30.3 Å². The van der Waals surface area contributed by atoms with Gasteiger partial charge in [-0.25, -0.2) is 0 Å². The second-order valence-electron chi connectivity index (χ2n) is 7.07. The fourth-order valence-electron chi connectivity index (χ4n) is 3.71. The molecular formula is C19H21BN2O6. The number of nitrogens with zero attached hydrogens (tertiary/aromatic N) is 2. The Kier molecular flexibility index (Phi) is 4.97. The Morgan fingerprint density at radius 1 is 1.25 bits per heavy atom. The van der Waals surface area contributed by atoms with E-state index < -0.39 is 18.8 Å². The molecule has 146 valence electrons. The third-order valence-corrected chi connectivity index (χ3v) is 5.19. The van der Waals surface area contributed by atoms with Crippen LogP contribution < -0.4 is 15.6 Å². The van der Waals surface area contributed by atoms with Crippen LogP contribution in [0.1, 0.15) is 29.4 Å². The number of carbonyl (C=O) groups excluding carboxylic acids is 1. The van der Waals surface area contributed by atoms with Crippen LogP contribution in [0.15, 0.2) is 41.3 Å². The quantitative estimate of drug-likeness (QED) is 0.702. The summed E-state index contributed by atoms with van der Waals surface area (Å²) in [6, 6.07) is 9.21. The van der Waals surface area contributed by atoms with Crippen LogP contribution in [0, 0.1) is 0 Å². The van der Waals surface area contributed by atoms with Gasteiger partial charge in [-0.2, -0.15) is 0 Å². The summed E-state index contributed by atoms with van der Waals surface area (Å²) in [4.78, 5) is 27.7. The molecule has 0 spiro atoms. The maximum absolute atomic E-state index is 13.2. The van der Waals surface area contributed by atoms with Gasteiger partial charge in [0.1, 0.15) is 6.61 Å². The molecule has 2 aliphatic heterocycles. The Hall–Kier alpha value is -2.62. The first-order valence-electron chi connectivity index (χ1n) is 9.22. The molecule has 0 bridgehead atoms. The Bertz CT molecular complexity index is 945. The lowest BCUT2D eigenvalue weighted by Gasteiger charge is -2.44. The van der Waals surface area contributed by atoms with Crippen LogP contribution in [0.25, 0.3) is 0 Å². The number of rotatable bonds is 4. The molecule has 2 atom stereocenters. The molecule has 1 saturated heterocycles. The Balaban J connectivity index is 1.79. The summed E-state index contributed by atoms with van der Waals surface area (Å²) in [5.41, 5.74) is -0.00294. The van der Waals surface area contributed by atoms with Crippen molar-refractivity contribution < 1.29 is 24.3 Å². The van der Waals surface area contributed by atoms with Crippen molar-refractivity contribution in [2.75, 3.05) is 6.61 Å². The monoisotopic (exact) mass is 384 g/mol. The molecule has 1 amide bonds. The van der Waals surface area contributed by atoms with E-state index in [1.807, 2.05) is 37.3 Å². The van der Waals surface area contributed by atoms with Crippen LogP contribution in [0.3, 0.4) is 0 Å². The van der Waals surface area contributed by atoms with Crippen LogP contribution >= 0.6 is 0 Å². The van der Waals surface area contributed by atoms with E-state index in [0.717, 1.165) is 5.56 Å². The van der Waals surface area contributed by atoms with E-state index in [9.17, 15) is 19.6 Å². The van der Waals surface area contributed by atoms with Gasteiger partial charge in [0.2, 0.25) is 5.43 Å². The zero-order valence-electron chi connectivity index (χ0n) is 15.4. The molecule has 0 aliphatic carbocycles. The van der Waals surface area contributed by atoms with Crippen molar-refractivity contribution in [1.82, 2.24) is 9.47 Å². The van der Waals surface area contributed by atoms with Gasteiger partial charge in [0.05, 0.1) is 13.2 Å². The predicted octanol–water partition coefficient (Wildman–Crippen LogP) is -0.302. The SMILES string of the molecule is C[C@@H]1CCOC2Cn3cc(B(O)O)c(=O)c(OCc4ccccc4)c3C(=O)N21. The molecule has 28 heavy (non-hydrogen) atoms. The Labute approximate surface area is 162 Å².